The maximum absolute atomic E-state index is 12.2. The first-order valence-electron chi connectivity index (χ1n) is 7.71. The van der Waals surface area contributed by atoms with Crippen LogP contribution in [0.4, 0.5) is 11.5 Å². The molecule has 0 aliphatic carbocycles. The van der Waals surface area contributed by atoms with E-state index in [9.17, 15) is 19.7 Å². The molecule has 2 aromatic rings. The van der Waals surface area contributed by atoms with Crippen LogP contribution in [0.5, 0.6) is 0 Å². The SMILES string of the molecule is Cc1nc([N+](=O)[O-])cn1CC(=O)Nc1cccc(CSCCC(=O)O)c1. The molecular weight excluding hydrogens is 360 g/mol. The number of carbonyl (C=O) groups excluding carboxylic acids is 1. The number of anilines is 1. The van der Waals surface area contributed by atoms with Crippen molar-refractivity contribution < 1.29 is 19.6 Å². The lowest BCUT2D eigenvalue weighted by Crippen LogP contribution is -2.19. The molecule has 2 rings (SSSR count). The Morgan fingerprint density at radius 3 is 2.85 bits per heavy atom. The van der Waals surface area contributed by atoms with Gasteiger partial charge in [-0.05, 0) is 27.6 Å². The molecule has 0 atom stereocenters. The van der Waals surface area contributed by atoms with Crippen LogP contribution in [-0.4, -0.2) is 37.2 Å². The summed E-state index contributed by atoms with van der Waals surface area (Å²) in [6.07, 6.45) is 1.34. The summed E-state index contributed by atoms with van der Waals surface area (Å²) in [6.45, 7) is 1.51. The molecule has 0 spiro atoms. The van der Waals surface area contributed by atoms with Gasteiger partial charge < -0.3 is 20.5 Å². The molecule has 0 bridgehead atoms. The summed E-state index contributed by atoms with van der Waals surface area (Å²) in [4.78, 5) is 36.5. The van der Waals surface area contributed by atoms with Gasteiger partial charge in [-0.15, -0.1) is 0 Å². The average Bonchev–Trinajstić information content (AvgIpc) is 2.93. The lowest BCUT2D eigenvalue weighted by molar-refractivity contribution is -0.389. The molecule has 1 heterocycles. The van der Waals surface area contributed by atoms with E-state index in [-0.39, 0.29) is 24.7 Å². The van der Waals surface area contributed by atoms with Gasteiger partial charge in [-0.1, -0.05) is 12.1 Å². The highest BCUT2D eigenvalue weighted by atomic mass is 32.2. The maximum atomic E-state index is 12.2. The number of hydrogen-bond donors (Lipinski definition) is 2. The summed E-state index contributed by atoms with van der Waals surface area (Å²) < 4.78 is 1.42. The lowest BCUT2D eigenvalue weighted by atomic mass is 10.2. The van der Waals surface area contributed by atoms with Crippen LogP contribution in [0.15, 0.2) is 30.5 Å². The summed E-state index contributed by atoms with van der Waals surface area (Å²) in [6, 6.07) is 7.25. The van der Waals surface area contributed by atoms with Crippen LogP contribution in [0.3, 0.4) is 0 Å². The number of carboxylic acid groups (broad SMARTS) is 1. The number of benzene rings is 1. The zero-order valence-corrected chi connectivity index (χ0v) is 14.9. The van der Waals surface area contributed by atoms with Crippen LogP contribution < -0.4 is 5.32 Å². The number of imidazole rings is 1. The third-order valence-electron chi connectivity index (χ3n) is 3.40. The van der Waals surface area contributed by atoms with Crippen molar-refractivity contribution in [2.75, 3.05) is 11.1 Å². The van der Waals surface area contributed by atoms with Gasteiger partial charge in [0.15, 0.2) is 0 Å². The molecule has 1 amide bonds. The Labute approximate surface area is 153 Å². The van der Waals surface area contributed by atoms with E-state index in [1.54, 1.807) is 19.1 Å². The Balaban J connectivity index is 1.91. The zero-order valence-electron chi connectivity index (χ0n) is 14.0. The first-order chi connectivity index (χ1) is 12.3. The highest BCUT2D eigenvalue weighted by Gasteiger charge is 2.17. The fourth-order valence-corrected chi connectivity index (χ4v) is 3.06. The molecule has 0 saturated heterocycles. The lowest BCUT2D eigenvalue weighted by Gasteiger charge is -2.08. The number of nitrogens with one attached hydrogen (secondary N) is 1. The second-order valence-corrected chi connectivity index (χ2v) is 6.58. The topological polar surface area (TPSA) is 127 Å². The van der Waals surface area contributed by atoms with Crippen LogP contribution >= 0.6 is 11.8 Å². The van der Waals surface area contributed by atoms with E-state index in [0.717, 1.165) is 5.56 Å². The van der Waals surface area contributed by atoms with Gasteiger partial charge >= 0.3 is 11.8 Å². The number of carbonyl (C=O) groups is 2. The second kappa shape index (κ2) is 8.99. The van der Waals surface area contributed by atoms with Gasteiger partial charge in [-0.2, -0.15) is 11.8 Å². The number of hydrogen-bond acceptors (Lipinski definition) is 6. The second-order valence-electron chi connectivity index (χ2n) is 5.48. The first kappa shape index (κ1) is 19.4. The standard InChI is InChI=1S/C16H18N4O5S/c1-11-17-14(20(24)25)8-19(11)9-15(21)18-13-4-2-3-12(7-13)10-26-6-5-16(22)23/h2-4,7-8H,5-6,9-10H2,1H3,(H,18,21)(H,22,23). The highest BCUT2D eigenvalue weighted by molar-refractivity contribution is 7.98. The molecule has 9 nitrogen and oxygen atoms in total. The van der Waals surface area contributed by atoms with Crippen molar-refractivity contribution in [3.8, 4) is 0 Å². The molecule has 0 unspecified atom stereocenters. The molecule has 138 valence electrons. The molecule has 0 saturated carbocycles. The van der Waals surface area contributed by atoms with E-state index in [1.807, 2.05) is 12.1 Å². The predicted molar refractivity (Wildman–Crippen MR) is 97.1 cm³/mol. The van der Waals surface area contributed by atoms with Crippen LogP contribution in [0, 0.1) is 17.0 Å². The molecule has 1 aromatic carbocycles. The number of amides is 1. The monoisotopic (exact) mass is 378 g/mol. The van der Waals surface area contributed by atoms with Crippen molar-refractivity contribution in [3.05, 3.63) is 52.0 Å². The van der Waals surface area contributed by atoms with E-state index in [0.29, 0.717) is 23.0 Å². The molecule has 0 aliphatic heterocycles. The largest absolute Gasteiger partial charge is 0.481 e. The third kappa shape index (κ3) is 5.88. The summed E-state index contributed by atoms with van der Waals surface area (Å²) >= 11 is 1.50. The molecule has 26 heavy (non-hydrogen) atoms. The number of aryl methyl sites for hydroxylation is 1. The normalized spacial score (nSPS) is 10.5. The van der Waals surface area contributed by atoms with Crippen molar-refractivity contribution in [3.63, 3.8) is 0 Å². The summed E-state index contributed by atoms with van der Waals surface area (Å²) in [7, 11) is 0. The molecule has 0 fully saturated rings. The Hall–Kier alpha value is -2.88. The Morgan fingerprint density at radius 2 is 2.19 bits per heavy atom. The van der Waals surface area contributed by atoms with E-state index in [4.69, 9.17) is 5.11 Å². The average molecular weight is 378 g/mol. The minimum Gasteiger partial charge on any atom is -0.481 e. The third-order valence-corrected chi connectivity index (χ3v) is 4.43. The molecule has 1 aromatic heterocycles. The number of rotatable bonds is 9. The minimum absolute atomic E-state index is 0.0791. The number of aromatic nitrogens is 2. The van der Waals surface area contributed by atoms with Crippen molar-refractivity contribution in [1.29, 1.82) is 0 Å². The van der Waals surface area contributed by atoms with Gasteiger partial charge in [-0.25, -0.2) is 0 Å². The Kier molecular flexibility index (Phi) is 6.73. The highest BCUT2D eigenvalue weighted by Crippen LogP contribution is 2.17. The first-order valence-corrected chi connectivity index (χ1v) is 8.87. The van der Waals surface area contributed by atoms with E-state index < -0.39 is 10.9 Å². The number of nitrogens with zero attached hydrogens (tertiary/aromatic N) is 3. The minimum atomic E-state index is -0.825. The summed E-state index contributed by atoms with van der Waals surface area (Å²) in [5.74, 6) is 0.102. The number of aliphatic carboxylic acids is 1. The van der Waals surface area contributed by atoms with Crippen LogP contribution in [0.25, 0.3) is 0 Å². The fourth-order valence-electron chi connectivity index (χ4n) is 2.18. The Morgan fingerprint density at radius 1 is 1.42 bits per heavy atom. The van der Waals surface area contributed by atoms with E-state index in [1.165, 1.54) is 22.5 Å². The van der Waals surface area contributed by atoms with E-state index in [2.05, 4.69) is 10.3 Å². The molecular formula is C16H18N4O5S. The maximum Gasteiger partial charge on any atom is 0.381 e. The van der Waals surface area contributed by atoms with Crippen LogP contribution in [0.2, 0.25) is 0 Å². The predicted octanol–water partition coefficient (Wildman–Crippen LogP) is 2.45. The fraction of sp³-hybridized carbons (Fsp3) is 0.312. The van der Waals surface area contributed by atoms with Crippen LogP contribution in [0.1, 0.15) is 17.8 Å². The zero-order chi connectivity index (χ0) is 19.1. The molecule has 2 N–H and O–H groups in total. The quantitative estimate of drug-likeness (QED) is 0.390. The number of thioether (sulfide) groups is 1. The van der Waals surface area contributed by atoms with Crippen molar-refractivity contribution in [2.24, 2.45) is 0 Å². The molecule has 0 aliphatic rings. The van der Waals surface area contributed by atoms with Crippen molar-refractivity contribution in [2.45, 2.75) is 25.6 Å². The van der Waals surface area contributed by atoms with Gasteiger partial charge in [-0.3, -0.25) is 14.2 Å². The van der Waals surface area contributed by atoms with Gasteiger partial charge in [0, 0.05) is 24.1 Å². The smallest absolute Gasteiger partial charge is 0.381 e. The van der Waals surface area contributed by atoms with Gasteiger partial charge in [0.25, 0.3) is 0 Å². The molecule has 0 radical (unpaired) electrons. The van der Waals surface area contributed by atoms with Gasteiger partial charge in [0.05, 0.1) is 6.42 Å². The Bertz CT molecular complexity index is 821. The van der Waals surface area contributed by atoms with Gasteiger partial charge in [0.1, 0.15) is 12.7 Å². The van der Waals surface area contributed by atoms with Gasteiger partial charge in [0.2, 0.25) is 11.7 Å². The number of nitro groups is 1. The van der Waals surface area contributed by atoms with Crippen LogP contribution in [-0.2, 0) is 21.9 Å². The summed E-state index contributed by atoms with van der Waals surface area (Å²) in [5, 5.41) is 22.1. The van der Waals surface area contributed by atoms with Crippen molar-refractivity contribution >= 4 is 35.1 Å². The van der Waals surface area contributed by atoms with Crippen molar-refractivity contribution in [1.82, 2.24) is 9.55 Å². The molecule has 10 heteroatoms. The van der Waals surface area contributed by atoms with E-state index >= 15 is 0 Å². The summed E-state index contributed by atoms with van der Waals surface area (Å²) in [5.41, 5.74) is 1.58. The number of carboxylic acids is 1.